The fourth-order valence-corrected chi connectivity index (χ4v) is 6.35. The zero-order chi connectivity index (χ0) is 30.7. The molecule has 46 heavy (non-hydrogen) atoms. The van der Waals surface area contributed by atoms with Crippen LogP contribution in [-0.2, 0) is 0 Å². The topological polar surface area (TPSA) is 37.0 Å². The molecule has 0 saturated carbocycles. The summed E-state index contributed by atoms with van der Waals surface area (Å²) in [5.41, 5.74) is 11.8. The molecule has 0 amide bonds. The maximum atomic E-state index is 4.30. The number of pyridine rings is 1. The number of hydrogen-bond donors (Lipinski definition) is 2. The normalized spacial score (nSPS) is 16.0. The van der Waals surface area contributed by atoms with Crippen LogP contribution in [0.1, 0.15) is 28.9 Å². The standard InChI is InChI=1S/C43H33N3/c1-2-8-30(9-3-1)32-15-20-34(21-16-32)41-28-42(35-22-17-33(18-23-35)40-14-7-25-44-29-40)46-43(45-41)39-13-6-12-37(27-39)38-24-19-31-10-4-5-11-36(31)26-38/h1-29,41,43,45-46H. The van der Waals surface area contributed by atoms with Crippen LogP contribution in [0.15, 0.2) is 176 Å². The van der Waals surface area contributed by atoms with Gasteiger partial charge in [0, 0.05) is 18.1 Å². The largest absolute Gasteiger partial charge is 0.366 e. The second-order valence-electron chi connectivity index (χ2n) is 11.8. The summed E-state index contributed by atoms with van der Waals surface area (Å²) >= 11 is 0. The number of nitrogens with zero attached hydrogens (tertiary/aromatic N) is 1. The van der Waals surface area contributed by atoms with Crippen LogP contribution in [0.4, 0.5) is 0 Å². The van der Waals surface area contributed by atoms with Gasteiger partial charge in [-0.2, -0.15) is 0 Å². The monoisotopic (exact) mass is 591 g/mol. The van der Waals surface area contributed by atoms with E-state index in [1.807, 2.05) is 18.5 Å². The zero-order valence-corrected chi connectivity index (χ0v) is 25.3. The summed E-state index contributed by atoms with van der Waals surface area (Å²) in [7, 11) is 0. The van der Waals surface area contributed by atoms with Crippen molar-refractivity contribution in [3.8, 4) is 33.4 Å². The minimum atomic E-state index is -0.0859. The molecule has 2 N–H and O–H groups in total. The molecule has 0 aliphatic carbocycles. The first-order chi connectivity index (χ1) is 22.8. The highest BCUT2D eigenvalue weighted by molar-refractivity contribution is 5.87. The minimum absolute atomic E-state index is 0.0217. The van der Waals surface area contributed by atoms with E-state index in [4.69, 9.17) is 0 Å². The summed E-state index contributed by atoms with van der Waals surface area (Å²) in [5, 5.41) is 10.2. The third-order valence-electron chi connectivity index (χ3n) is 8.85. The van der Waals surface area contributed by atoms with Crippen LogP contribution in [0.2, 0.25) is 0 Å². The average molecular weight is 592 g/mol. The molecule has 6 aromatic carbocycles. The minimum Gasteiger partial charge on any atom is -0.366 e. The van der Waals surface area contributed by atoms with E-state index < -0.39 is 0 Å². The van der Waals surface area contributed by atoms with E-state index >= 15 is 0 Å². The van der Waals surface area contributed by atoms with Gasteiger partial charge in [-0.15, -0.1) is 0 Å². The molecule has 0 fully saturated rings. The van der Waals surface area contributed by atoms with Crippen molar-refractivity contribution < 1.29 is 0 Å². The Balaban J connectivity index is 1.14. The van der Waals surface area contributed by atoms with Crippen molar-refractivity contribution in [3.05, 3.63) is 193 Å². The predicted molar refractivity (Wildman–Crippen MR) is 191 cm³/mol. The first-order valence-electron chi connectivity index (χ1n) is 15.8. The Morgan fingerprint density at radius 3 is 1.87 bits per heavy atom. The Kier molecular flexibility index (Phi) is 7.43. The van der Waals surface area contributed by atoms with Crippen LogP contribution >= 0.6 is 0 Å². The fourth-order valence-electron chi connectivity index (χ4n) is 6.35. The van der Waals surface area contributed by atoms with Crippen LogP contribution in [0, 0.1) is 0 Å². The van der Waals surface area contributed by atoms with Gasteiger partial charge in [-0.05, 0) is 85.1 Å². The molecule has 1 aliphatic heterocycles. The Morgan fingerprint density at radius 1 is 0.435 bits per heavy atom. The molecule has 0 bridgehead atoms. The Labute approximate surface area is 269 Å². The molecule has 1 aromatic heterocycles. The van der Waals surface area contributed by atoms with E-state index in [-0.39, 0.29) is 12.2 Å². The third-order valence-corrected chi connectivity index (χ3v) is 8.85. The number of nitrogens with one attached hydrogen (secondary N) is 2. The van der Waals surface area contributed by atoms with Crippen molar-refractivity contribution in [1.29, 1.82) is 0 Å². The molecular weight excluding hydrogens is 558 g/mol. The van der Waals surface area contributed by atoms with Crippen molar-refractivity contribution in [2.75, 3.05) is 0 Å². The summed E-state index contributed by atoms with van der Waals surface area (Å²) in [4.78, 5) is 4.30. The van der Waals surface area contributed by atoms with Crippen molar-refractivity contribution in [2.24, 2.45) is 0 Å². The van der Waals surface area contributed by atoms with Crippen LogP contribution in [0.25, 0.3) is 49.9 Å². The molecule has 0 spiro atoms. The molecular formula is C43H33N3. The number of hydrogen-bond acceptors (Lipinski definition) is 3. The van der Waals surface area contributed by atoms with Crippen LogP contribution < -0.4 is 10.6 Å². The van der Waals surface area contributed by atoms with E-state index in [1.165, 1.54) is 44.2 Å². The van der Waals surface area contributed by atoms with Gasteiger partial charge in [0.05, 0.1) is 6.04 Å². The van der Waals surface area contributed by atoms with Crippen LogP contribution in [0.5, 0.6) is 0 Å². The fraction of sp³-hybridized carbons (Fsp3) is 0.0465. The lowest BCUT2D eigenvalue weighted by molar-refractivity contribution is 0.443. The third kappa shape index (κ3) is 5.72. The number of aromatic nitrogens is 1. The number of fused-ring (bicyclic) bond motifs is 1. The SMILES string of the molecule is C1=C(c2ccc(-c3cccnc3)cc2)NC(c2cccc(-c3ccc4ccccc4c3)c2)NC1c1ccc(-c2ccccc2)cc1. The maximum absolute atomic E-state index is 4.30. The van der Waals surface area contributed by atoms with Gasteiger partial charge in [0.2, 0.25) is 0 Å². The highest BCUT2D eigenvalue weighted by Gasteiger charge is 2.24. The molecule has 2 unspecified atom stereocenters. The summed E-state index contributed by atoms with van der Waals surface area (Å²) in [6.07, 6.45) is 5.94. The first-order valence-corrected chi connectivity index (χ1v) is 15.8. The van der Waals surface area contributed by atoms with Gasteiger partial charge in [0.1, 0.15) is 6.17 Å². The molecule has 0 saturated heterocycles. The molecule has 0 radical (unpaired) electrons. The first kappa shape index (κ1) is 27.8. The molecule has 2 heterocycles. The molecule has 8 rings (SSSR count). The molecule has 220 valence electrons. The summed E-state index contributed by atoms with van der Waals surface area (Å²) in [5.74, 6) is 0. The molecule has 7 aromatic rings. The quantitative estimate of drug-likeness (QED) is 0.202. The predicted octanol–water partition coefficient (Wildman–Crippen LogP) is 10.2. The highest BCUT2D eigenvalue weighted by atomic mass is 15.2. The van der Waals surface area contributed by atoms with Gasteiger partial charge >= 0.3 is 0 Å². The van der Waals surface area contributed by atoms with Crippen LogP contribution in [0.3, 0.4) is 0 Å². The van der Waals surface area contributed by atoms with Gasteiger partial charge in [0.15, 0.2) is 0 Å². The lowest BCUT2D eigenvalue weighted by atomic mass is 9.95. The maximum Gasteiger partial charge on any atom is 0.104 e. The van der Waals surface area contributed by atoms with Gasteiger partial charge in [-0.1, -0.05) is 140 Å². The Morgan fingerprint density at radius 2 is 1.07 bits per heavy atom. The van der Waals surface area contributed by atoms with E-state index in [9.17, 15) is 0 Å². The Hall–Kier alpha value is -5.77. The van der Waals surface area contributed by atoms with Crippen molar-refractivity contribution in [3.63, 3.8) is 0 Å². The van der Waals surface area contributed by atoms with Crippen LogP contribution in [-0.4, -0.2) is 4.98 Å². The van der Waals surface area contributed by atoms with E-state index in [0.29, 0.717) is 0 Å². The van der Waals surface area contributed by atoms with Gasteiger partial charge in [-0.3, -0.25) is 10.3 Å². The second kappa shape index (κ2) is 12.3. The van der Waals surface area contributed by atoms with Crippen molar-refractivity contribution in [1.82, 2.24) is 15.6 Å². The zero-order valence-electron chi connectivity index (χ0n) is 25.3. The summed E-state index contributed by atoms with van der Waals surface area (Å²) in [6, 6.07) is 56.4. The van der Waals surface area contributed by atoms with Gasteiger partial charge in [0.25, 0.3) is 0 Å². The van der Waals surface area contributed by atoms with Gasteiger partial charge in [-0.25, -0.2) is 0 Å². The second-order valence-corrected chi connectivity index (χ2v) is 11.8. The summed E-state index contributed by atoms with van der Waals surface area (Å²) in [6.45, 7) is 0. The summed E-state index contributed by atoms with van der Waals surface area (Å²) < 4.78 is 0. The van der Waals surface area contributed by atoms with Crippen molar-refractivity contribution in [2.45, 2.75) is 12.2 Å². The average Bonchev–Trinajstić information content (AvgIpc) is 3.15. The van der Waals surface area contributed by atoms with E-state index in [0.717, 1.165) is 22.4 Å². The highest BCUT2D eigenvalue weighted by Crippen LogP contribution is 2.33. The lowest BCUT2D eigenvalue weighted by Gasteiger charge is -2.33. The van der Waals surface area contributed by atoms with E-state index in [1.54, 1.807) is 0 Å². The number of rotatable bonds is 6. The number of benzene rings is 6. The molecule has 2 atom stereocenters. The molecule has 1 aliphatic rings. The van der Waals surface area contributed by atoms with Gasteiger partial charge < -0.3 is 5.32 Å². The molecule has 3 heteroatoms. The van der Waals surface area contributed by atoms with E-state index in [2.05, 4.69) is 173 Å². The van der Waals surface area contributed by atoms with Crippen molar-refractivity contribution >= 4 is 16.5 Å². The smallest absolute Gasteiger partial charge is 0.104 e. The lowest BCUT2D eigenvalue weighted by Crippen LogP contribution is -2.39. The Bertz CT molecular complexity index is 2130. The molecule has 3 nitrogen and oxygen atoms in total.